The number of hydrogen-bond donors (Lipinski definition) is 1. The van der Waals surface area contributed by atoms with Gasteiger partial charge in [-0.2, -0.15) is 4.98 Å². The van der Waals surface area contributed by atoms with Gasteiger partial charge in [-0.3, -0.25) is 0 Å². The molecule has 1 aromatic heterocycles. The zero-order valence-corrected chi connectivity index (χ0v) is 12.8. The third-order valence-corrected chi connectivity index (χ3v) is 3.86. The quantitative estimate of drug-likeness (QED) is 0.921. The summed E-state index contributed by atoms with van der Waals surface area (Å²) in [7, 11) is 1.57. The molecule has 102 valence electrons. The molecule has 2 rings (SSSR count). The third-order valence-electron chi connectivity index (χ3n) is 2.56. The van der Waals surface area contributed by atoms with Gasteiger partial charge in [0.25, 0.3) is 5.89 Å². The van der Waals surface area contributed by atoms with Crippen molar-refractivity contribution in [2.75, 3.05) is 13.7 Å². The van der Waals surface area contributed by atoms with Crippen molar-refractivity contribution in [3.63, 3.8) is 0 Å². The van der Waals surface area contributed by atoms with Gasteiger partial charge < -0.3 is 15.0 Å². The van der Waals surface area contributed by atoms with Gasteiger partial charge in [0, 0.05) is 11.6 Å². The number of aromatic nitrogens is 2. The Hall–Kier alpha value is -0.950. The number of halogens is 2. The molecule has 2 aromatic rings. The Balaban J connectivity index is 2.39. The third kappa shape index (κ3) is 2.97. The average Bonchev–Trinajstić information content (AvgIpc) is 2.82. The fraction of sp³-hybridized carbons (Fsp3) is 0.333. The van der Waals surface area contributed by atoms with Crippen molar-refractivity contribution in [2.24, 2.45) is 5.73 Å². The van der Waals surface area contributed by atoms with Crippen LogP contribution in [0.4, 0.5) is 0 Å². The molecule has 1 atom stereocenters. The van der Waals surface area contributed by atoms with Crippen LogP contribution in [0, 0.1) is 0 Å². The van der Waals surface area contributed by atoms with Crippen LogP contribution in [-0.4, -0.2) is 23.9 Å². The summed E-state index contributed by atoms with van der Waals surface area (Å²) in [4.78, 5) is 4.28. The van der Waals surface area contributed by atoms with Crippen molar-refractivity contribution in [2.45, 2.75) is 12.5 Å². The van der Waals surface area contributed by atoms with Gasteiger partial charge in [0.15, 0.2) is 5.82 Å². The minimum atomic E-state index is -0.811. The van der Waals surface area contributed by atoms with E-state index in [4.69, 9.17) is 26.6 Å². The smallest absolute Gasteiger partial charge is 0.259 e. The van der Waals surface area contributed by atoms with Crippen LogP contribution in [0.3, 0.4) is 0 Å². The second kappa shape index (κ2) is 5.58. The van der Waals surface area contributed by atoms with Gasteiger partial charge in [-0.1, -0.05) is 22.8 Å². The predicted molar refractivity (Wildman–Crippen MR) is 75.9 cm³/mol. The molecule has 0 amide bonds. The first kappa shape index (κ1) is 14.5. The van der Waals surface area contributed by atoms with E-state index in [0.29, 0.717) is 22.3 Å². The standard InChI is InChI=1S/C12H13BrClN3O2/c1-12(15,6-18-2)11-16-10(19-17-11)7-4-3-5-8(13)9(7)14/h3-5H,6,15H2,1-2H3. The zero-order chi connectivity index (χ0) is 14.0. The summed E-state index contributed by atoms with van der Waals surface area (Å²) in [5.74, 6) is 0.703. The molecule has 5 nitrogen and oxygen atoms in total. The lowest BCUT2D eigenvalue weighted by Crippen LogP contribution is -2.38. The number of ether oxygens (including phenoxy) is 1. The first-order valence-corrected chi connectivity index (χ1v) is 6.69. The van der Waals surface area contributed by atoms with Gasteiger partial charge in [0.05, 0.1) is 17.2 Å². The largest absolute Gasteiger partial charge is 0.382 e. The number of hydrogen-bond acceptors (Lipinski definition) is 5. The molecule has 0 saturated carbocycles. The molecule has 0 saturated heterocycles. The topological polar surface area (TPSA) is 74.2 Å². The van der Waals surface area contributed by atoms with Gasteiger partial charge in [0.1, 0.15) is 5.54 Å². The molecule has 2 N–H and O–H groups in total. The summed E-state index contributed by atoms with van der Waals surface area (Å²) in [5, 5.41) is 4.41. The minimum Gasteiger partial charge on any atom is -0.382 e. The molecule has 0 bridgehead atoms. The number of methoxy groups -OCH3 is 1. The van der Waals surface area contributed by atoms with E-state index in [1.165, 1.54) is 0 Å². The normalized spacial score (nSPS) is 14.4. The van der Waals surface area contributed by atoms with Crippen LogP contribution in [0.5, 0.6) is 0 Å². The Bertz CT molecular complexity index is 586. The first-order valence-electron chi connectivity index (χ1n) is 5.52. The highest BCUT2D eigenvalue weighted by Gasteiger charge is 2.28. The Labute approximate surface area is 124 Å². The zero-order valence-electron chi connectivity index (χ0n) is 10.5. The average molecular weight is 347 g/mol. The molecular weight excluding hydrogens is 334 g/mol. The fourth-order valence-corrected chi connectivity index (χ4v) is 2.17. The first-order chi connectivity index (χ1) is 8.95. The second-order valence-electron chi connectivity index (χ2n) is 4.37. The van der Waals surface area contributed by atoms with E-state index in [1.54, 1.807) is 20.1 Å². The fourth-order valence-electron chi connectivity index (χ4n) is 1.60. The number of rotatable bonds is 4. The summed E-state index contributed by atoms with van der Waals surface area (Å²) in [6.07, 6.45) is 0. The Morgan fingerprint density at radius 2 is 2.26 bits per heavy atom. The Kier molecular flexibility index (Phi) is 4.25. The summed E-state index contributed by atoms with van der Waals surface area (Å²) >= 11 is 9.53. The van der Waals surface area contributed by atoms with Crippen molar-refractivity contribution in [3.8, 4) is 11.5 Å². The summed E-state index contributed by atoms with van der Waals surface area (Å²) < 4.78 is 11.0. The van der Waals surface area contributed by atoms with Gasteiger partial charge in [-0.05, 0) is 35.0 Å². The van der Waals surface area contributed by atoms with Crippen molar-refractivity contribution < 1.29 is 9.26 Å². The van der Waals surface area contributed by atoms with Gasteiger partial charge >= 0.3 is 0 Å². The predicted octanol–water partition coefficient (Wildman–Crippen LogP) is 2.97. The molecule has 19 heavy (non-hydrogen) atoms. The minimum absolute atomic E-state index is 0.290. The molecule has 1 aromatic carbocycles. The number of nitrogens with zero attached hydrogens (tertiary/aromatic N) is 2. The molecule has 1 unspecified atom stereocenters. The van der Waals surface area contributed by atoms with Crippen LogP contribution in [0.15, 0.2) is 27.2 Å². The molecule has 0 aliphatic carbocycles. The maximum absolute atomic E-state index is 6.18. The van der Waals surface area contributed by atoms with Crippen LogP contribution in [0.1, 0.15) is 12.7 Å². The van der Waals surface area contributed by atoms with Gasteiger partial charge in [0.2, 0.25) is 0 Å². The lowest BCUT2D eigenvalue weighted by molar-refractivity contribution is 0.135. The van der Waals surface area contributed by atoms with Gasteiger partial charge in [-0.15, -0.1) is 0 Å². The van der Waals surface area contributed by atoms with E-state index < -0.39 is 5.54 Å². The summed E-state index contributed by atoms with van der Waals surface area (Å²) in [5.41, 5.74) is 5.90. The summed E-state index contributed by atoms with van der Waals surface area (Å²) in [6.45, 7) is 2.06. The summed E-state index contributed by atoms with van der Waals surface area (Å²) in [6, 6.07) is 5.47. The monoisotopic (exact) mass is 345 g/mol. The van der Waals surface area contributed by atoms with Gasteiger partial charge in [-0.25, -0.2) is 0 Å². The van der Waals surface area contributed by atoms with E-state index in [1.807, 2.05) is 12.1 Å². The highest BCUT2D eigenvalue weighted by Crippen LogP contribution is 2.33. The van der Waals surface area contributed by atoms with E-state index >= 15 is 0 Å². The van der Waals surface area contributed by atoms with E-state index in [9.17, 15) is 0 Å². The van der Waals surface area contributed by atoms with Crippen molar-refractivity contribution in [1.29, 1.82) is 0 Å². The van der Waals surface area contributed by atoms with Crippen LogP contribution in [-0.2, 0) is 10.3 Å². The SMILES string of the molecule is COCC(C)(N)c1noc(-c2cccc(Br)c2Cl)n1. The van der Waals surface area contributed by atoms with Crippen molar-refractivity contribution in [1.82, 2.24) is 10.1 Å². The maximum Gasteiger partial charge on any atom is 0.259 e. The van der Waals surface area contributed by atoms with Crippen LogP contribution < -0.4 is 5.73 Å². The number of nitrogens with two attached hydrogens (primary N) is 1. The molecule has 0 aliphatic heterocycles. The lowest BCUT2D eigenvalue weighted by atomic mass is 10.1. The molecule has 0 radical (unpaired) electrons. The van der Waals surface area contributed by atoms with E-state index in [-0.39, 0.29) is 6.61 Å². The lowest BCUT2D eigenvalue weighted by Gasteiger charge is -2.18. The Morgan fingerprint density at radius 1 is 1.53 bits per heavy atom. The van der Waals surface area contributed by atoms with Crippen LogP contribution >= 0.6 is 27.5 Å². The molecule has 0 aliphatic rings. The molecule has 1 heterocycles. The second-order valence-corrected chi connectivity index (χ2v) is 5.61. The van der Waals surface area contributed by atoms with Crippen molar-refractivity contribution >= 4 is 27.5 Å². The van der Waals surface area contributed by atoms with Crippen LogP contribution in [0.25, 0.3) is 11.5 Å². The molecule has 7 heteroatoms. The van der Waals surface area contributed by atoms with Crippen LogP contribution in [0.2, 0.25) is 5.02 Å². The highest BCUT2D eigenvalue weighted by molar-refractivity contribution is 9.10. The molecule has 0 fully saturated rings. The Morgan fingerprint density at radius 3 is 2.95 bits per heavy atom. The molecule has 0 spiro atoms. The van der Waals surface area contributed by atoms with Crippen molar-refractivity contribution in [3.05, 3.63) is 33.5 Å². The molecular formula is C12H13BrClN3O2. The highest BCUT2D eigenvalue weighted by atomic mass is 79.9. The van der Waals surface area contributed by atoms with E-state index in [2.05, 4.69) is 26.1 Å². The maximum atomic E-state index is 6.18. The number of benzene rings is 1. The van der Waals surface area contributed by atoms with E-state index in [0.717, 1.165) is 4.47 Å².